The molecule has 0 saturated heterocycles. The lowest BCUT2D eigenvalue weighted by Crippen LogP contribution is -2.36. The molecule has 1 N–H and O–H groups in total. The first-order chi connectivity index (χ1) is 8.72. The minimum atomic E-state index is -4.14. The molecule has 1 nitrogen and oxygen atoms in total. The predicted molar refractivity (Wildman–Crippen MR) is 67.8 cm³/mol. The molecule has 0 aromatic heterocycles. The van der Waals surface area contributed by atoms with Crippen molar-refractivity contribution in [3.05, 3.63) is 34.9 Å². The third kappa shape index (κ3) is 2.94. The molecular formula is C15H19F3O. The number of hydrogen-bond donors (Lipinski definition) is 1. The van der Waals surface area contributed by atoms with Gasteiger partial charge in [0, 0.05) is 0 Å². The Morgan fingerprint density at radius 2 is 1.74 bits per heavy atom. The van der Waals surface area contributed by atoms with Crippen molar-refractivity contribution in [3.63, 3.8) is 0 Å². The molecule has 0 heterocycles. The average molecular weight is 272 g/mol. The van der Waals surface area contributed by atoms with Crippen LogP contribution in [0.3, 0.4) is 0 Å². The zero-order valence-electron chi connectivity index (χ0n) is 11.2. The highest BCUT2D eigenvalue weighted by Gasteiger charge is 2.45. The summed E-state index contributed by atoms with van der Waals surface area (Å²) in [5.74, 6) is -1.27. The van der Waals surface area contributed by atoms with Crippen LogP contribution in [-0.4, -0.2) is 11.3 Å². The first-order valence-corrected chi connectivity index (χ1v) is 6.59. The van der Waals surface area contributed by atoms with E-state index in [-0.39, 0.29) is 25.7 Å². The highest BCUT2D eigenvalue weighted by molar-refractivity contribution is 5.35. The van der Waals surface area contributed by atoms with Gasteiger partial charge in [-0.1, -0.05) is 23.8 Å². The van der Waals surface area contributed by atoms with Crippen LogP contribution >= 0.6 is 0 Å². The van der Waals surface area contributed by atoms with Crippen LogP contribution in [0.5, 0.6) is 0 Å². The van der Waals surface area contributed by atoms with Gasteiger partial charge in [0.25, 0.3) is 0 Å². The summed E-state index contributed by atoms with van der Waals surface area (Å²) >= 11 is 0. The number of benzene rings is 1. The van der Waals surface area contributed by atoms with Gasteiger partial charge in [0.1, 0.15) is 0 Å². The molecule has 106 valence electrons. The monoisotopic (exact) mass is 272 g/mol. The van der Waals surface area contributed by atoms with E-state index >= 15 is 0 Å². The average Bonchev–Trinajstić information content (AvgIpc) is 2.27. The molecule has 0 spiro atoms. The predicted octanol–water partition coefficient (Wildman–Crippen LogP) is 4.24. The SMILES string of the molecule is Cc1ccc(C2(O)CCC(C(F)(F)F)CC2)c(C)c1. The molecule has 0 aliphatic heterocycles. The van der Waals surface area contributed by atoms with Crippen LogP contribution < -0.4 is 0 Å². The smallest absolute Gasteiger partial charge is 0.385 e. The first kappa shape index (κ1) is 14.4. The molecule has 1 aromatic rings. The van der Waals surface area contributed by atoms with Gasteiger partial charge < -0.3 is 5.11 Å². The van der Waals surface area contributed by atoms with Gasteiger partial charge in [0.05, 0.1) is 11.5 Å². The third-order valence-corrected chi connectivity index (χ3v) is 4.16. The Balaban J connectivity index is 2.18. The Labute approximate surface area is 111 Å². The molecule has 0 amide bonds. The van der Waals surface area contributed by atoms with Gasteiger partial charge in [-0.15, -0.1) is 0 Å². The Hall–Kier alpha value is -1.03. The minimum Gasteiger partial charge on any atom is -0.385 e. The fourth-order valence-corrected chi connectivity index (χ4v) is 3.03. The number of halogens is 3. The summed E-state index contributed by atoms with van der Waals surface area (Å²) in [5, 5.41) is 10.6. The summed E-state index contributed by atoms with van der Waals surface area (Å²) in [4.78, 5) is 0. The maximum atomic E-state index is 12.6. The van der Waals surface area contributed by atoms with E-state index in [0.29, 0.717) is 0 Å². The molecule has 0 atom stereocenters. The van der Waals surface area contributed by atoms with Crippen LogP contribution in [0.25, 0.3) is 0 Å². The normalized spacial score (nSPS) is 28.4. The molecule has 1 saturated carbocycles. The van der Waals surface area contributed by atoms with Gasteiger partial charge in [-0.05, 0) is 50.7 Å². The van der Waals surface area contributed by atoms with E-state index in [0.717, 1.165) is 16.7 Å². The summed E-state index contributed by atoms with van der Waals surface area (Å²) in [6.07, 6.45) is -3.76. The van der Waals surface area contributed by atoms with Gasteiger partial charge in [-0.25, -0.2) is 0 Å². The molecular weight excluding hydrogens is 253 g/mol. The second-order valence-electron chi connectivity index (χ2n) is 5.67. The lowest BCUT2D eigenvalue weighted by Gasteiger charge is -2.38. The zero-order valence-corrected chi connectivity index (χ0v) is 11.2. The van der Waals surface area contributed by atoms with E-state index in [9.17, 15) is 18.3 Å². The van der Waals surface area contributed by atoms with Crippen LogP contribution in [-0.2, 0) is 5.60 Å². The summed E-state index contributed by atoms with van der Waals surface area (Å²) in [7, 11) is 0. The maximum absolute atomic E-state index is 12.6. The molecule has 0 bridgehead atoms. The van der Waals surface area contributed by atoms with Gasteiger partial charge in [-0.3, -0.25) is 0 Å². The van der Waals surface area contributed by atoms with Gasteiger partial charge >= 0.3 is 6.18 Å². The fourth-order valence-electron chi connectivity index (χ4n) is 3.03. The van der Waals surface area contributed by atoms with Crippen molar-refractivity contribution in [1.82, 2.24) is 0 Å². The van der Waals surface area contributed by atoms with Crippen molar-refractivity contribution < 1.29 is 18.3 Å². The van der Waals surface area contributed by atoms with Crippen molar-refractivity contribution in [2.24, 2.45) is 5.92 Å². The largest absolute Gasteiger partial charge is 0.391 e. The molecule has 1 aliphatic rings. The number of rotatable bonds is 1. The van der Waals surface area contributed by atoms with E-state index in [2.05, 4.69) is 0 Å². The number of hydrogen-bond acceptors (Lipinski definition) is 1. The zero-order chi connectivity index (χ0) is 14.3. The highest BCUT2D eigenvalue weighted by Crippen LogP contribution is 2.45. The van der Waals surface area contributed by atoms with Crippen LogP contribution in [0, 0.1) is 19.8 Å². The minimum absolute atomic E-state index is 0.00726. The third-order valence-electron chi connectivity index (χ3n) is 4.16. The molecule has 1 fully saturated rings. The molecule has 19 heavy (non-hydrogen) atoms. The van der Waals surface area contributed by atoms with Crippen LogP contribution in [0.4, 0.5) is 13.2 Å². The second kappa shape index (κ2) is 4.82. The maximum Gasteiger partial charge on any atom is 0.391 e. The lowest BCUT2D eigenvalue weighted by molar-refractivity contribution is -0.193. The Morgan fingerprint density at radius 3 is 2.21 bits per heavy atom. The Morgan fingerprint density at radius 1 is 1.16 bits per heavy atom. The quantitative estimate of drug-likeness (QED) is 0.810. The van der Waals surface area contributed by atoms with Crippen molar-refractivity contribution in [1.29, 1.82) is 0 Å². The second-order valence-corrected chi connectivity index (χ2v) is 5.67. The molecule has 0 unspecified atom stereocenters. The molecule has 1 aromatic carbocycles. The highest BCUT2D eigenvalue weighted by atomic mass is 19.4. The van der Waals surface area contributed by atoms with Crippen LogP contribution in [0.2, 0.25) is 0 Å². The van der Waals surface area contributed by atoms with E-state index in [4.69, 9.17) is 0 Å². The van der Waals surface area contributed by atoms with Crippen molar-refractivity contribution >= 4 is 0 Å². The van der Waals surface area contributed by atoms with Gasteiger partial charge in [0.15, 0.2) is 0 Å². The summed E-state index contributed by atoms with van der Waals surface area (Å²) in [5.41, 5.74) is 1.72. The topological polar surface area (TPSA) is 20.2 Å². The van der Waals surface area contributed by atoms with Crippen molar-refractivity contribution in [3.8, 4) is 0 Å². The molecule has 2 rings (SSSR count). The Bertz CT molecular complexity index is 457. The fraction of sp³-hybridized carbons (Fsp3) is 0.600. The summed E-state index contributed by atoms with van der Waals surface area (Å²) in [6.45, 7) is 3.86. The summed E-state index contributed by atoms with van der Waals surface area (Å²) in [6, 6.07) is 5.71. The molecule has 4 heteroatoms. The number of alkyl halides is 3. The molecule has 1 aliphatic carbocycles. The van der Waals surface area contributed by atoms with Gasteiger partial charge in [0.2, 0.25) is 0 Å². The van der Waals surface area contributed by atoms with Crippen molar-refractivity contribution in [2.45, 2.75) is 51.3 Å². The van der Waals surface area contributed by atoms with Gasteiger partial charge in [-0.2, -0.15) is 13.2 Å². The lowest BCUT2D eigenvalue weighted by atomic mass is 9.74. The standard InChI is InChI=1S/C15H19F3O/c1-10-3-4-13(11(2)9-10)14(19)7-5-12(6-8-14)15(16,17)18/h3-4,9,12,19H,5-8H2,1-2H3. The van der Waals surface area contributed by atoms with Crippen molar-refractivity contribution in [2.75, 3.05) is 0 Å². The molecule has 0 radical (unpaired) electrons. The summed E-state index contributed by atoms with van der Waals surface area (Å²) < 4.78 is 37.9. The van der Waals surface area contributed by atoms with Crippen LogP contribution in [0.1, 0.15) is 42.4 Å². The van der Waals surface area contributed by atoms with E-state index in [1.165, 1.54) is 0 Å². The van der Waals surface area contributed by atoms with E-state index < -0.39 is 17.7 Å². The first-order valence-electron chi connectivity index (χ1n) is 6.59. The van der Waals surface area contributed by atoms with E-state index in [1.54, 1.807) is 0 Å². The number of aryl methyl sites for hydroxylation is 2. The number of aliphatic hydroxyl groups is 1. The van der Waals surface area contributed by atoms with E-state index in [1.807, 2.05) is 32.0 Å². The van der Waals surface area contributed by atoms with Crippen LogP contribution in [0.15, 0.2) is 18.2 Å². The Kier molecular flexibility index (Phi) is 3.65.